The maximum absolute atomic E-state index is 12.5. The fourth-order valence-corrected chi connectivity index (χ4v) is 2.67. The van der Waals surface area contributed by atoms with Crippen LogP contribution in [0.25, 0.3) is 0 Å². The van der Waals surface area contributed by atoms with Crippen molar-refractivity contribution in [1.29, 1.82) is 0 Å². The number of rotatable bonds is 5. The first-order valence-electron chi connectivity index (χ1n) is 7.65. The second kappa shape index (κ2) is 6.28. The molecule has 3 rings (SSSR count). The van der Waals surface area contributed by atoms with Crippen molar-refractivity contribution in [3.05, 3.63) is 23.8 Å². The monoisotopic (exact) mass is 318 g/mol. The molecule has 2 aliphatic rings. The van der Waals surface area contributed by atoms with Crippen LogP contribution in [0, 0.1) is 5.92 Å². The predicted octanol–water partition coefficient (Wildman–Crippen LogP) is 1.45. The molecule has 1 N–H and O–H groups in total. The molecule has 1 saturated heterocycles. The molecule has 0 saturated carbocycles. The number of barbiturate groups is 1. The van der Waals surface area contributed by atoms with Crippen molar-refractivity contribution >= 4 is 17.8 Å². The van der Waals surface area contributed by atoms with E-state index in [1.165, 1.54) is 0 Å². The summed E-state index contributed by atoms with van der Waals surface area (Å²) in [5, 5.41) is 2.26. The molecule has 23 heavy (non-hydrogen) atoms. The Bertz CT molecular complexity index is 658. The Hall–Kier alpha value is -2.57. The van der Waals surface area contributed by atoms with Crippen LogP contribution in [0.5, 0.6) is 11.5 Å². The molecule has 1 unspecified atom stereocenters. The number of benzene rings is 1. The molecule has 122 valence electrons. The van der Waals surface area contributed by atoms with Crippen molar-refractivity contribution in [2.24, 2.45) is 5.92 Å². The Balaban J connectivity index is 1.76. The number of imide groups is 2. The van der Waals surface area contributed by atoms with E-state index in [1.807, 2.05) is 6.92 Å². The number of carbonyl (C=O) groups is 3. The molecule has 1 aromatic carbocycles. The van der Waals surface area contributed by atoms with Crippen molar-refractivity contribution in [2.75, 3.05) is 13.3 Å². The fourth-order valence-electron chi connectivity index (χ4n) is 2.67. The Morgan fingerprint density at radius 3 is 2.78 bits per heavy atom. The van der Waals surface area contributed by atoms with Gasteiger partial charge in [-0.25, -0.2) is 4.79 Å². The maximum atomic E-state index is 12.5. The molecule has 0 bridgehead atoms. The van der Waals surface area contributed by atoms with Crippen molar-refractivity contribution in [1.82, 2.24) is 10.2 Å². The third kappa shape index (κ3) is 2.99. The van der Waals surface area contributed by atoms with Crippen molar-refractivity contribution in [2.45, 2.75) is 26.2 Å². The van der Waals surface area contributed by atoms with Gasteiger partial charge in [0.05, 0.1) is 0 Å². The zero-order valence-corrected chi connectivity index (χ0v) is 12.8. The molecule has 1 atom stereocenters. The number of unbranched alkanes of at least 4 members (excludes halogenated alkanes) is 1. The van der Waals surface area contributed by atoms with E-state index in [4.69, 9.17) is 9.47 Å². The van der Waals surface area contributed by atoms with Gasteiger partial charge in [-0.15, -0.1) is 0 Å². The summed E-state index contributed by atoms with van der Waals surface area (Å²) in [6.07, 6.45) is 1.79. The number of nitrogens with zero attached hydrogens (tertiary/aromatic N) is 1. The second-order valence-electron chi connectivity index (χ2n) is 5.58. The molecule has 7 heteroatoms. The van der Waals surface area contributed by atoms with Gasteiger partial charge in [0, 0.05) is 6.54 Å². The first-order chi connectivity index (χ1) is 11.1. The average Bonchev–Trinajstić information content (AvgIpc) is 2.99. The van der Waals surface area contributed by atoms with Crippen LogP contribution >= 0.6 is 0 Å². The molecule has 1 fully saturated rings. The lowest BCUT2D eigenvalue weighted by atomic mass is 9.95. The fraction of sp³-hybridized carbons (Fsp3) is 0.438. The van der Waals surface area contributed by atoms with E-state index >= 15 is 0 Å². The van der Waals surface area contributed by atoms with Crippen LogP contribution < -0.4 is 14.8 Å². The number of hydrogen-bond donors (Lipinski definition) is 1. The van der Waals surface area contributed by atoms with Crippen LogP contribution in [0.3, 0.4) is 0 Å². The third-order valence-corrected chi connectivity index (χ3v) is 3.97. The van der Waals surface area contributed by atoms with Gasteiger partial charge in [0.15, 0.2) is 11.5 Å². The van der Waals surface area contributed by atoms with Crippen LogP contribution in [0.2, 0.25) is 0 Å². The van der Waals surface area contributed by atoms with E-state index in [0.717, 1.165) is 16.9 Å². The van der Waals surface area contributed by atoms with Crippen molar-refractivity contribution in [3.8, 4) is 11.5 Å². The highest BCUT2D eigenvalue weighted by atomic mass is 16.7. The molecule has 0 spiro atoms. The number of ether oxygens (including phenoxy) is 2. The standard InChI is InChI=1S/C16H18N2O5/c1-2-3-6-18-15(20)11(14(19)17-16(18)21)7-10-4-5-12-13(8-10)23-9-22-12/h4-5,8,11H,2-3,6-7,9H2,1H3,(H,17,19,21). The maximum Gasteiger partial charge on any atom is 0.330 e. The molecule has 7 nitrogen and oxygen atoms in total. The number of hydrogen-bond acceptors (Lipinski definition) is 5. The number of fused-ring (bicyclic) bond motifs is 1. The van der Waals surface area contributed by atoms with Gasteiger partial charge in [-0.2, -0.15) is 0 Å². The van der Waals surface area contributed by atoms with Crippen LogP contribution in [-0.4, -0.2) is 36.1 Å². The van der Waals surface area contributed by atoms with Gasteiger partial charge in [0.1, 0.15) is 5.92 Å². The summed E-state index contributed by atoms with van der Waals surface area (Å²) in [6, 6.07) is 4.68. The Morgan fingerprint density at radius 1 is 1.22 bits per heavy atom. The van der Waals surface area contributed by atoms with Crippen LogP contribution in [0.15, 0.2) is 18.2 Å². The van der Waals surface area contributed by atoms with E-state index in [0.29, 0.717) is 24.5 Å². The highest BCUT2D eigenvalue weighted by Gasteiger charge is 2.40. The Morgan fingerprint density at radius 2 is 2.00 bits per heavy atom. The lowest BCUT2D eigenvalue weighted by Crippen LogP contribution is -2.58. The molecule has 4 amide bonds. The summed E-state index contributed by atoms with van der Waals surface area (Å²) >= 11 is 0. The largest absolute Gasteiger partial charge is 0.454 e. The zero-order valence-electron chi connectivity index (χ0n) is 12.8. The minimum Gasteiger partial charge on any atom is -0.454 e. The first kappa shape index (κ1) is 15.3. The minimum absolute atomic E-state index is 0.168. The number of urea groups is 1. The van der Waals surface area contributed by atoms with Crippen LogP contribution in [0.4, 0.5) is 4.79 Å². The van der Waals surface area contributed by atoms with Gasteiger partial charge in [0.25, 0.3) is 0 Å². The molecule has 0 aromatic heterocycles. The van der Waals surface area contributed by atoms with Gasteiger partial charge in [0.2, 0.25) is 18.6 Å². The quantitative estimate of drug-likeness (QED) is 0.831. The van der Waals surface area contributed by atoms with Crippen molar-refractivity contribution < 1.29 is 23.9 Å². The minimum atomic E-state index is -0.898. The van der Waals surface area contributed by atoms with Gasteiger partial charge in [-0.1, -0.05) is 19.4 Å². The summed E-state index contributed by atoms with van der Waals surface area (Å²) in [7, 11) is 0. The highest BCUT2D eigenvalue weighted by Crippen LogP contribution is 2.33. The summed E-state index contributed by atoms with van der Waals surface area (Å²) in [5.41, 5.74) is 0.785. The normalized spacial score (nSPS) is 20.0. The molecule has 0 radical (unpaired) electrons. The SMILES string of the molecule is CCCCN1C(=O)NC(=O)C(Cc2ccc3c(c2)OCO3)C1=O. The lowest BCUT2D eigenvalue weighted by Gasteiger charge is -2.30. The van der Waals surface area contributed by atoms with Crippen LogP contribution in [0.1, 0.15) is 25.3 Å². The second-order valence-corrected chi connectivity index (χ2v) is 5.58. The van der Waals surface area contributed by atoms with Gasteiger partial charge >= 0.3 is 6.03 Å². The third-order valence-electron chi connectivity index (χ3n) is 3.97. The van der Waals surface area contributed by atoms with E-state index in [-0.39, 0.29) is 13.2 Å². The summed E-state index contributed by atoms with van der Waals surface area (Å²) in [4.78, 5) is 37.5. The predicted molar refractivity (Wildman–Crippen MR) is 79.9 cm³/mol. The number of carbonyl (C=O) groups excluding carboxylic acids is 3. The molecule has 1 aromatic rings. The lowest BCUT2D eigenvalue weighted by molar-refractivity contribution is -0.142. The van der Waals surface area contributed by atoms with E-state index in [2.05, 4.69) is 5.32 Å². The molecular formula is C16H18N2O5. The van der Waals surface area contributed by atoms with Gasteiger partial charge in [-0.05, 0) is 30.5 Å². The van der Waals surface area contributed by atoms with Crippen molar-refractivity contribution in [3.63, 3.8) is 0 Å². The zero-order chi connectivity index (χ0) is 16.4. The highest BCUT2D eigenvalue weighted by molar-refractivity contribution is 6.16. The topological polar surface area (TPSA) is 84.9 Å². The van der Waals surface area contributed by atoms with E-state index in [9.17, 15) is 14.4 Å². The Labute approximate surface area is 133 Å². The summed E-state index contributed by atoms with van der Waals surface area (Å²) < 4.78 is 10.5. The number of amides is 4. The first-order valence-corrected chi connectivity index (χ1v) is 7.65. The van der Waals surface area contributed by atoms with Gasteiger partial charge in [-0.3, -0.25) is 19.8 Å². The van der Waals surface area contributed by atoms with Crippen LogP contribution in [-0.2, 0) is 16.0 Å². The summed E-state index contributed by atoms with van der Waals surface area (Å²) in [5.74, 6) is -0.641. The number of nitrogens with one attached hydrogen (secondary N) is 1. The average molecular weight is 318 g/mol. The van der Waals surface area contributed by atoms with Gasteiger partial charge < -0.3 is 9.47 Å². The molecule has 2 heterocycles. The van der Waals surface area contributed by atoms with E-state index < -0.39 is 23.8 Å². The Kier molecular flexibility index (Phi) is 4.18. The molecular weight excluding hydrogens is 300 g/mol. The smallest absolute Gasteiger partial charge is 0.330 e. The summed E-state index contributed by atoms with van der Waals surface area (Å²) in [6.45, 7) is 2.47. The molecule has 0 aliphatic carbocycles. The van der Waals surface area contributed by atoms with E-state index in [1.54, 1.807) is 18.2 Å². The molecule has 2 aliphatic heterocycles.